The lowest BCUT2D eigenvalue weighted by Gasteiger charge is -2.05. The van der Waals surface area contributed by atoms with Gasteiger partial charge < -0.3 is 9.47 Å². The normalized spacial score (nSPS) is 10.5. The molecule has 0 fully saturated rings. The van der Waals surface area contributed by atoms with E-state index in [4.69, 9.17) is 9.47 Å². The fraction of sp³-hybridized carbons (Fsp3) is 0.0500. The second-order valence-electron chi connectivity index (χ2n) is 5.72. The molecule has 9 nitrogen and oxygen atoms in total. The van der Waals surface area contributed by atoms with Crippen LogP contribution in [0, 0.1) is 10.1 Å². The Kier molecular flexibility index (Phi) is 6.11. The summed E-state index contributed by atoms with van der Waals surface area (Å²) < 4.78 is 10.4. The first kappa shape index (κ1) is 19.5. The summed E-state index contributed by atoms with van der Waals surface area (Å²) in [5.74, 6) is 0.951. The topological polar surface area (TPSA) is 116 Å². The summed E-state index contributed by atoms with van der Waals surface area (Å²) in [6, 6.07) is 16.1. The lowest BCUT2D eigenvalue weighted by molar-refractivity contribution is -0.385. The number of hydrazone groups is 1. The number of aromatic nitrogens is 1. The Morgan fingerprint density at radius 1 is 1.07 bits per heavy atom. The number of ether oxygens (including phenoxy) is 2. The zero-order valence-electron chi connectivity index (χ0n) is 15.3. The number of rotatable bonds is 7. The number of carbonyl (C=O) groups excluding carboxylic acids is 1. The summed E-state index contributed by atoms with van der Waals surface area (Å²) in [4.78, 5) is 26.1. The van der Waals surface area contributed by atoms with Crippen LogP contribution in [0.4, 0.5) is 11.5 Å². The standard InChI is InChI=1S/C20H16N4O5/c1-28-17-9-4-15(5-10-17)20(25)29-18-7-2-14(3-8-18)12-22-23-19-11-6-16(13-21-19)24(26)27/h2-13H,1H3,(H,21,23)/b22-12-. The Morgan fingerprint density at radius 2 is 1.76 bits per heavy atom. The minimum Gasteiger partial charge on any atom is -0.497 e. The van der Waals surface area contributed by atoms with Gasteiger partial charge >= 0.3 is 5.97 Å². The van der Waals surface area contributed by atoms with E-state index >= 15 is 0 Å². The molecule has 3 aromatic rings. The van der Waals surface area contributed by atoms with Gasteiger partial charge in [0.1, 0.15) is 23.5 Å². The lowest BCUT2D eigenvalue weighted by Crippen LogP contribution is -2.08. The summed E-state index contributed by atoms with van der Waals surface area (Å²) in [5.41, 5.74) is 3.75. The van der Waals surface area contributed by atoms with E-state index in [1.54, 1.807) is 55.6 Å². The molecule has 0 aliphatic carbocycles. The minimum absolute atomic E-state index is 0.0979. The predicted molar refractivity (Wildman–Crippen MR) is 107 cm³/mol. The molecule has 0 unspecified atom stereocenters. The smallest absolute Gasteiger partial charge is 0.343 e. The Morgan fingerprint density at radius 3 is 2.34 bits per heavy atom. The van der Waals surface area contributed by atoms with Gasteiger partial charge in [-0.05, 0) is 60.2 Å². The summed E-state index contributed by atoms with van der Waals surface area (Å²) in [5, 5.41) is 14.6. The highest BCUT2D eigenvalue weighted by atomic mass is 16.6. The maximum atomic E-state index is 12.1. The van der Waals surface area contributed by atoms with Crippen molar-refractivity contribution in [2.24, 2.45) is 5.10 Å². The van der Waals surface area contributed by atoms with Crippen LogP contribution in [0.25, 0.3) is 0 Å². The van der Waals surface area contributed by atoms with Crippen LogP contribution in [0.5, 0.6) is 11.5 Å². The quantitative estimate of drug-likeness (QED) is 0.214. The van der Waals surface area contributed by atoms with Crippen LogP contribution in [0.2, 0.25) is 0 Å². The van der Waals surface area contributed by atoms with E-state index < -0.39 is 10.9 Å². The minimum atomic E-state index is -0.525. The molecular formula is C20H16N4O5. The third-order valence-corrected chi connectivity index (χ3v) is 3.77. The van der Waals surface area contributed by atoms with Crippen molar-refractivity contribution in [1.29, 1.82) is 0 Å². The van der Waals surface area contributed by atoms with Crippen LogP contribution in [0.15, 0.2) is 72.0 Å². The van der Waals surface area contributed by atoms with Crippen LogP contribution >= 0.6 is 0 Å². The van der Waals surface area contributed by atoms with Crippen LogP contribution in [-0.4, -0.2) is 29.2 Å². The summed E-state index contributed by atoms with van der Waals surface area (Å²) in [7, 11) is 1.55. The molecular weight excluding hydrogens is 376 g/mol. The fourth-order valence-electron chi connectivity index (χ4n) is 2.25. The summed E-state index contributed by atoms with van der Waals surface area (Å²) in [6.45, 7) is 0. The molecule has 0 atom stereocenters. The number of esters is 1. The highest BCUT2D eigenvalue weighted by Gasteiger charge is 2.08. The van der Waals surface area contributed by atoms with E-state index in [1.165, 1.54) is 18.3 Å². The Labute approximate surface area is 165 Å². The molecule has 146 valence electrons. The zero-order valence-corrected chi connectivity index (χ0v) is 15.3. The maximum Gasteiger partial charge on any atom is 0.343 e. The average molecular weight is 392 g/mol. The Bertz CT molecular complexity index is 1020. The highest BCUT2D eigenvalue weighted by Crippen LogP contribution is 2.16. The number of nitrogens with zero attached hydrogens (tertiary/aromatic N) is 3. The molecule has 2 aromatic carbocycles. The predicted octanol–water partition coefficient (Wildman–Crippen LogP) is 3.66. The average Bonchev–Trinajstić information content (AvgIpc) is 2.75. The van der Waals surface area contributed by atoms with Gasteiger partial charge in [-0.3, -0.25) is 15.5 Å². The first-order valence-corrected chi connectivity index (χ1v) is 8.41. The molecule has 1 heterocycles. The van der Waals surface area contributed by atoms with Crippen molar-refractivity contribution in [3.63, 3.8) is 0 Å². The molecule has 0 saturated carbocycles. The number of hydrogen-bond donors (Lipinski definition) is 1. The molecule has 0 aliphatic heterocycles. The molecule has 9 heteroatoms. The van der Waals surface area contributed by atoms with Gasteiger partial charge in [-0.15, -0.1) is 0 Å². The molecule has 0 bridgehead atoms. The first-order chi connectivity index (χ1) is 14.0. The second-order valence-corrected chi connectivity index (χ2v) is 5.72. The molecule has 0 amide bonds. The summed E-state index contributed by atoms with van der Waals surface area (Å²) >= 11 is 0. The van der Waals surface area contributed by atoms with Crippen LogP contribution in [0.1, 0.15) is 15.9 Å². The zero-order chi connectivity index (χ0) is 20.6. The number of anilines is 1. The van der Waals surface area contributed by atoms with Crippen LogP contribution in [0.3, 0.4) is 0 Å². The lowest BCUT2D eigenvalue weighted by atomic mass is 10.2. The van der Waals surface area contributed by atoms with Gasteiger partial charge in [0.15, 0.2) is 0 Å². The molecule has 1 aromatic heterocycles. The van der Waals surface area contributed by atoms with Gasteiger partial charge in [0, 0.05) is 6.07 Å². The number of hydrogen-bond acceptors (Lipinski definition) is 8. The van der Waals surface area contributed by atoms with Crippen molar-refractivity contribution < 1.29 is 19.2 Å². The molecule has 0 radical (unpaired) electrons. The molecule has 0 spiro atoms. The van der Waals surface area contributed by atoms with Gasteiger partial charge in [-0.25, -0.2) is 9.78 Å². The van der Waals surface area contributed by atoms with E-state index in [-0.39, 0.29) is 5.69 Å². The molecule has 29 heavy (non-hydrogen) atoms. The van der Waals surface area contributed by atoms with E-state index in [0.717, 1.165) is 11.8 Å². The van der Waals surface area contributed by atoms with Crippen molar-refractivity contribution in [3.8, 4) is 11.5 Å². The van der Waals surface area contributed by atoms with Crippen molar-refractivity contribution in [1.82, 2.24) is 4.98 Å². The molecule has 0 saturated heterocycles. The molecule has 3 rings (SSSR count). The van der Waals surface area contributed by atoms with Gasteiger partial charge in [-0.1, -0.05) is 0 Å². The van der Waals surface area contributed by atoms with E-state index in [9.17, 15) is 14.9 Å². The summed E-state index contributed by atoms with van der Waals surface area (Å²) in [6.07, 6.45) is 2.68. The number of benzene rings is 2. The third kappa shape index (κ3) is 5.36. The number of pyridine rings is 1. The Balaban J connectivity index is 1.55. The number of methoxy groups -OCH3 is 1. The number of nitro groups is 1. The van der Waals surface area contributed by atoms with Gasteiger partial charge in [0.2, 0.25) is 0 Å². The van der Waals surface area contributed by atoms with E-state index in [1.807, 2.05) is 0 Å². The van der Waals surface area contributed by atoms with E-state index in [0.29, 0.717) is 22.9 Å². The van der Waals surface area contributed by atoms with Crippen LogP contribution < -0.4 is 14.9 Å². The molecule has 1 N–H and O–H groups in total. The van der Waals surface area contributed by atoms with Gasteiger partial charge in [-0.2, -0.15) is 5.10 Å². The first-order valence-electron chi connectivity index (χ1n) is 8.41. The third-order valence-electron chi connectivity index (χ3n) is 3.77. The Hall–Kier alpha value is -4.27. The van der Waals surface area contributed by atoms with Crippen molar-refractivity contribution in [2.45, 2.75) is 0 Å². The largest absolute Gasteiger partial charge is 0.497 e. The van der Waals surface area contributed by atoms with Gasteiger partial charge in [0.25, 0.3) is 5.69 Å². The molecule has 0 aliphatic rings. The van der Waals surface area contributed by atoms with Gasteiger partial charge in [0.05, 0.1) is 23.8 Å². The number of nitrogens with one attached hydrogen (secondary N) is 1. The van der Waals surface area contributed by atoms with Crippen molar-refractivity contribution in [3.05, 3.63) is 88.1 Å². The maximum absolute atomic E-state index is 12.1. The van der Waals surface area contributed by atoms with E-state index in [2.05, 4.69) is 15.5 Å². The SMILES string of the molecule is COc1ccc(C(=O)Oc2ccc(/C=N\Nc3ccc([N+](=O)[O-])cn3)cc2)cc1. The van der Waals surface area contributed by atoms with Crippen LogP contribution in [-0.2, 0) is 0 Å². The van der Waals surface area contributed by atoms with Crippen molar-refractivity contribution >= 4 is 23.7 Å². The fourth-order valence-corrected chi connectivity index (χ4v) is 2.25. The number of carbonyl (C=O) groups is 1. The second kappa shape index (κ2) is 9.09. The van der Waals surface area contributed by atoms with Crippen molar-refractivity contribution in [2.75, 3.05) is 12.5 Å². The monoisotopic (exact) mass is 392 g/mol. The highest BCUT2D eigenvalue weighted by molar-refractivity contribution is 5.91.